The molecule has 2 aromatic rings. The Morgan fingerprint density at radius 1 is 1.29 bits per heavy atom. The number of ether oxygens (including phenoxy) is 2. The first-order valence-electron chi connectivity index (χ1n) is 7.96. The highest BCUT2D eigenvalue weighted by Crippen LogP contribution is 2.35. The van der Waals surface area contributed by atoms with Crippen molar-refractivity contribution < 1.29 is 18.8 Å². The molecule has 0 saturated carbocycles. The molecule has 3 rings (SSSR count). The lowest BCUT2D eigenvalue weighted by Crippen LogP contribution is -2.35. The van der Waals surface area contributed by atoms with Gasteiger partial charge in [0, 0.05) is 11.5 Å². The smallest absolute Gasteiger partial charge is 0.264 e. The van der Waals surface area contributed by atoms with Crippen LogP contribution in [0.3, 0.4) is 0 Å². The lowest BCUT2D eigenvalue weighted by Gasteiger charge is -2.31. The van der Waals surface area contributed by atoms with E-state index in [-0.39, 0.29) is 17.8 Å². The fourth-order valence-electron chi connectivity index (χ4n) is 2.49. The number of carbonyl (C=O) groups excluding carboxylic acids is 1. The van der Waals surface area contributed by atoms with Gasteiger partial charge in [-0.1, -0.05) is 25.9 Å². The Bertz CT molecular complexity index is 772. The van der Waals surface area contributed by atoms with Crippen molar-refractivity contribution in [2.75, 3.05) is 0 Å². The number of aromatic nitrogens is 2. The number of ketones is 1. The summed E-state index contributed by atoms with van der Waals surface area (Å²) in [5, 5.41) is 3.96. The Balaban J connectivity index is 1.73. The van der Waals surface area contributed by atoms with Crippen LogP contribution in [-0.4, -0.2) is 21.5 Å². The largest absolute Gasteiger partial charge is 0.486 e. The van der Waals surface area contributed by atoms with Gasteiger partial charge in [-0.2, -0.15) is 4.98 Å². The highest BCUT2D eigenvalue weighted by molar-refractivity contribution is 6.00. The SMILES string of the molecule is CC1(C)CC(=O)c2ccc(OCc3nc(C(C)(C)C)no3)cc2O1. The second-order valence-corrected chi connectivity index (χ2v) is 7.67. The normalized spacial score (nSPS) is 16.5. The van der Waals surface area contributed by atoms with Gasteiger partial charge in [0.25, 0.3) is 5.89 Å². The summed E-state index contributed by atoms with van der Waals surface area (Å²) in [6, 6.07) is 5.21. The standard InChI is InChI=1S/C18H22N2O4/c1-17(2,3)16-19-15(24-20-16)10-22-11-6-7-12-13(21)9-18(4,5)23-14(12)8-11/h6-8H,9-10H2,1-5H3. The second-order valence-electron chi connectivity index (χ2n) is 7.67. The number of hydrogen-bond acceptors (Lipinski definition) is 6. The number of fused-ring (bicyclic) bond motifs is 1. The number of hydrogen-bond donors (Lipinski definition) is 0. The van der Waals surface area contributed by atoms with Gasteiger partial charge in [-0.15, -0.1) is 0 Å². The fraction of sp³-hybridized carbons (Fsp3) is 0.500. The summed E-state index contributed by atoms with van der Waals surface area (Å²) < 4.78 is 16.8. The highest BCUT2D eigenvalue weighted by atomic mass is 16.5. The van der Waals surface area contributed by atoms with E-state index in [2.05, 4.69) is 10.1 Å². The maximum Gasteiger partial charge on any atom is 0.264 e. The summed E-state index contributed by atoms with van der Waals surface area (Å²) in [4.78, 5) is 16.5. The Hall–Kier alpha value is -2.37. The number of nitrogens with zero attached hydrogens (tertiary/aromatic N) is 2. The zero-order chi connectivity index (χ0) is 17.5. The molecule has 1 aliphatic heterocycles. The van der Waals surface area contributed by atoms with Crippen LogP contribution >= 0.6 is 0 Å². The maximum absolute atomic E-state index is 12.1. The van der Waals surface area contributed by atoms with Gasteiger partial charge >= 0.3 is 0 Å². The van der Waals surface area contributed by atoms with Gasteiger partial charge in [0.1, 0.15) is 17.1 Å². The molecule has 0 bridgehead atoms. The van der Waals surface area contributed by atoms with Crippen LogP contribution in [0.15, 0.2) is 22.7 Å². The molecule has 0 unspecified atom stereocenters. The lowest BCUT2D eigenvalue weighted by atomic mass is 9.93. The molecule has 0 amide bonds. The minimum atomic E-state index is -0.503. The predicted molar refractivity (Wildman–Crippen MR) is 87.4 cm³/mol. The van der Waals surface area contributed by atoms with E-state index in [9.17, 15) is 4.79 Å². The number of Topliss-reactive ketones (excluding diaryl/α,β-unsaturated/α-hetero) is 1. The molecule has 0 radical (unpaired) electrons. The molecule has 0 spiro atoms. The van der Waals surface area contributed by atoms with Gasteiger partial charge in [-0.25, -0.2) is 0 Å². The van der Waals surface area contributed by atoms with E-state index in [0.29, 0.717) is 35.2 Å². The number of carbonyl (C=O) groups is 1. The van der Waals surface area contributed by atoms with Crippen LogP contribution in [0.4, 0.5) is 0 Å². The van der Waals surface area contributed by atoms with E-state index in [0.717, 1.165) is 0 Å². The zero-order valence-corrected chi connectivity index (χ0v) is 14.7. The minimum absolute atomic E-state index is 0.0829. The Kier molecular flexibility index (Phi) is 3.86. The van der Waals surface area contributed by atoms with Crippen LogP contribution in [0.2, 0.25) is 0 Å². The second kappa shape index (κ2) is 5.61. The zero-order valence-electron chi connectivity index (χ0n) is 14.7. The van der Waals surface area contributed by atoms with Gasteiger partial charge in [0.05, 0.1) is 12.0 Å². The summed E-state index contributed by atoms with van der Waals surface area (Å²) in [5.74, 6) is 2.28. The van der Waals surface area contributed by atoms with Crippen LogP contribution in [0.5, 0.6) is 11.5 Å². The quantitative estimate of drug-likeness (QED) is 0.854. The molecule has 6 nitrogen and oxygen atoms in total. The van der Waals surface area contributed by atoms with E-state index in [4.69, 9.17) is 14.0 Å². The molecule has 0 saturated heterocycles. The molecule has 0 fully saturated rings. The van der Waals surface area contributed by atoms with Crippen LogP contribution in [0.1, 0.15) is 63.1 Å². The highest BCUT2D eigenvalue weighted by Gasteiger charge is 2.32. The van der Waals surface area contributed by atoms with E-state index in [1.807, 2.05) is 34.6 Å². The molecule has 0 N–H and O–H groups in total. The molecule has 0 atom stereocenters. The van der Waals surface area contributed by atoms with Crippen molar-refractivity contribution in [3.05, 3.63) is 35.5 Å². The third-order valence-corrected chi connectivity index (χ3v) is 3.73. The molecule has 0 aliphatic carbocycles. The Morgan fingerprint density at radius 3 is 2.71 bits per heavy atom. The molecule has 1 aromatic heterocycles. The number of rotatable bonds is 3. The average molecular weight is 330 g/mol. The van der Waals surface area contributed by atoms with Crippen molar-refractivity contribution in [1.29, 1.82) is 0 Å². The molecule has 24 heavy (non-hydrogen) atoms. The van der Waals surface area contributed by atoms with E-state index >= 15 is 0 Å². The monoisotopic (exact) mass is 330 g/mol. The first-order chi connectivity index (χ1) is 11.1. The fourth-order valence-corrected chi connectivity index (χ4v) is 2.49. The number of benzene rings is 1. The van der Waals surface area contributed by atoms with Crippen molar-refractivity contribution in [3.63, 3.8) is 0 Å². The van der Waals surface area contributed by atoms with Gasteiger partial charge in [-0.3, -0.25) is 4.79 Å². The summed E-state index contributed by atoms with van der Waals surface area (Å²) in [5.41, 5.74) is -0.0843. The summed E-state index contributed by atoms with van der Waals surface area (Å²) in [6.07, 6.45) is 0.373. The van der Waals surface area contributed by atoms with E-state index < -0.39 is 5.60 Å². The van der Waals surface area contributed by atoms with Crippen LogP contribution in [-0.2, 0) is 12.0 Å². The Labute approximate surface area is 141 Å². The third kappa shape index (κ3) is 3.42. The minimum Gasteiger partial charge on any atom is -0.486 e. The molecule has 2 heterocycles. The van der Waals surface area contributed by atoms with Crippen molar-refractivity contribution in [1.82, 2.24) is 10.1 Å². The van der Waals surface area contributed by atoms with Crippen molar-refractivity contribution in [2.24, 2.45) is 0 Å². The maximum atomic E-state index is 12.1. The first kappa shape index (κ1) is 16.5. The lowest BCUT2D eigenvalue weighted by molar-refractivity contribution is 0.0618. The van der Waals surface area contributed by atoms with Crippen LogP contribution in [0.25, 0.3) is 0 Å². The van der Waals surface area contributed by atoms with Crippen molar-refractivity contribution in [3.8, 4) is 11.5 Å². The van der Waals surface area contributed by atoms with Gasteiger partial charge in [-0.05, 0) is 26.0 Å². The summed E-state index contributed by atoms with van der Waals surface area (Å²) in [7, 11) is 0. The van der Waals surface area contributed by atoms with Crippen molar-refractivity contribution in [2.45, 2.75) is 58.7 Å². The predicted octanol–water partition coefficient (Wildman–Crippen LogP) is 3.69. The topological polar surface area (TPSA) is 74.5 Å². The average Bonchev–Trinajstić information content (AvgIpc) is 2.92. The van der Waals surface area contributed by atoms with Gasteiger partial charge < -0.3 is 14.0 Å². The first-order valence-corrected chi connectivity index (χ1v) is 7.96. The van der Waals surface area contributed by atoms with E-state index in [1.165, 1.54) is 0 Å². The van der Waals surface area contributed by atoms with Crippen LogP contribution < -0.4 is 9.47 Å². The van der Waals surface area contributed by atoms with Crippen molar-refractivity contribution >= 4 is 5.78 Å². The van der Waals surface area contributed by atoms with Gasteiger partial charge in [0.2, 0.25) is 0 Å². The molecule has 6 heteroatoms. The molecular formula is C18H22N2O4. The molecule has 1 aromatic carbocycles. The third-order valence-electron chi connectivity index (χ3n) is 3.73. The summed E-state index contributed by atoms with van der Waals surface area (Å²) in [6.45, 7) is 10.0. The van der Waals surface area contributed by atoms with E-state index in [1.54, 1.807) is 18.2 Å². The molecule has 1 aliphatic rings. The molecular weight excluding hydrogens is 308 g/mol. The van der Waals surface area contributed by atoms with Gasteiger partial charge in [0.15, 0.2) is 18.2 Å². The Morgan fingerprint density at radius 2 is 2.04 bits per heavy atom. The van der Waals surface area contributed by atoms with Crippen LogP contribution in [0, 0.1) is 0 Å². The molecule has 128 valence electrons. The summed E-state index contributed by atoms with van der Waals surface area (Å²) >= 11 is 0.